The van der Waals surface area contributed by atoms with Crippen LogP contribution in [0.2, 0.25) is 0 Å². The lowest BCUT2D eigenvalue weighted by molar-refractivity contribution is 0.430. The van der Waals surface area contributed by atoms with E-state index in [1.807, 2.05) is 47.8 Å². The lowest BCUT2D eigenvalue weighted by atomic mass is 10.2. The number of nitrogens with one attached hydrogen (secondary N) is 2. The maximum atomic E-state index is 13.4. The van der Waals surface area contributed by atoms with Crippen molar-refractivity contribution in [3.63, 3.8) is 0 Å². The van der Waals surface area contributed by atoms with Crippen LogP contribution in [0.15, 0.2) is 92.6 Å². The molecule has 2 aromatic carbocycles. The fourth-order valence-corrected chi connectivity index (χ4v) is 6.70. The SMILES string of the molecule is Cc1noc(NS(=O)(=O)c2ccc(NS(=O)(=O)c3cn(Cc4ccccc4)nc3-c3cccs3)cc2)c1C. The van der Waals surface area contributed by atoms with Crippen molar-refractivity contribution in [2.45, 2.75) is 30.2 Å². The standard InChI is InChI=1S/C25H23N5O5S3/c1-17-18(2)27-35-25(17)29-37(31,32)21-12-10-20(11-13-21)28-38(33,34)23-16-30(15-19-7-4-3-5-8-19)26-24(23)22-9-6-14-36-22/h3-14,16,28-29H,15H2,1-2H3. The van der Waals surface area contributed by atoms with Crippen molar-refractivity contribution in [1.29, 1.82) is 0 Å². The van der Waals surface area contributed by atoms with Crippen LogP contribution in [-0.2, 0) is 26.6 Å². The predicted molar refractivity (Wildman–Crippen MR) is 145 cm³/mol. The van der Waals surface area contributed by atoms with Crippen LogP contribution < -0.4 is 9.44 Å². The first-order valence-electron chi connectivity index (χ1n) is 11.4. The van der Waals surface area contributed by atoms with E-state index >= 15 is 0 Å². The lowest BCUT2D eigenvalue weighted by Crippen LogP contribution is -2.15. The molecule has 0 saturated carbocycles. The molecular formula is C25H23N5O5S3. The number of hydrogen-bond acceptors (Lipinski definition) is 8. The fraction of sp³-hybridized carbons (Fsp3) is 0.120. The molecule has 5 rings (SSSR count). The maximum Gasteiger partial charge on any atom is 0.265 e. The third-order valence-corrected chi connectivity index (χ3v) is 9.37. The molecular weight excluding hydrogens is 547 g/mol. The molecule has 0 radical (unpaired) electrons. The van der Waals surface area contributed by atoms with Gasteiger partial charge in [0.05, 0.1) is 22.0 Å². The van der Waals surface area contributed by atoms with Gasteiger partial charge in [-0.05, 0) is 55.1 Å². The summed E-state index contributed by atoms with van der Waals surface area (Å²) in [5.41, 5.74) is 2.66. The summed E-state index contributed by atoms with van der Waals surface area (Å²) in [5, 5.41) is 10.2. The smallest absolute Gasteiger partial charge is 0.265 e. The molecule has 0 fully saturated rings. The summed E-state index contributed by atoms with van der Waals surface area (Å²) in [5.74, 6) is 0.0286. The number of anilines is 2. The van der Waals surface area contributed by atoms with Gasteiger partial charge >= 0.3 is 0 Å². The summed E-state index contributed by atoms with van der Waals surface area (Å²) in [4.78, 5) is 0.664. The number of rotatable bonds is 9. The van der Waals surface area contributed by atoms with Crippen LogP contribution in [0.5, 0.6) is 0 Å². The summed E-state index contributed by atoms with van der Waals surface area (Å²) in [6.45, 7) is 3.79. The zero-order valence-corrected chi connectivity index (χ0v) is 22.8. The highest BCUT2D eigenvalue weighted by Crippen LogP contribution is 2.31. The van der Waals surface area contributed by atoms with Gasteiger partial charge in [0.15, 0.2) is 0 Å². The monoisotopic (exact) mass is 569 g/mol. The number of thiophene rings is 1. The molecule has 38 heavy (non-hydrogen) atoms. The molecule has 0 amide bonds. The van der Waals surface area contributed by atoms with Crippen molar-refractivity contribution >= 4 is 43.0 Å². The molecule has 3 heterocycles. The van der Waals surface area contributed by atoms with Crippen molar-refractivity contribution in [1.82, 2.24) is 14.9 Å². The van der Waals surface area contributed by atoms with Crippen LogP contribution in [0.1, 0.15) is 16.8 Å². The van der Waals surface area contributed by atoms with Crippen LogP contribution in [0.3, 0.4) is 0 Å². The van der Waals surface area contributed by atoms with Gasteiger partial charge in [0.2, 0.25) is 5.88 Å². The molecule has 0 spiro atoms. The van der Waals surface area contributed by atoms with E-state index in [2.05, 4.69) is 19.7 Å². The van der Waals surface area contributed by atoms with Crippen LogP contribution >= 0.6 is 11.3 Å². The molecule has 10 nitrogen and oxygen atoms in total. The third-order valence-electron chi connectivity index (χ3n) is 5.76. The van der Waals surface area contributed by atoms with Crippen LogP contribution in [0.4, 0.5) is 11.6 Å². The normalized spacial score (nSPS) is 11.9. The van der Waals surface area contributed by atoms with Gasteiger partial charge in [-0.25, -0.2) is 21.6 Å². The van der Waals surface area contributed by atoms with E-state index in [-0.39, 0.29) is 21.4 Å². The number of nitrogens with zero attached hydrogens (tertiary/aromatic N) is 3. The highest BCUT2D eigenvalue weighted by atomic mass is 32.2. The Hall–Kier alpha value is -3.94. The Kier molecular flexibility index (Phi) is 6.82. The van der Waals surface area contributed by atoms with Gasteiger partial charge < -0.3 is 4.52 Å². The van der Waals surface area contributed by atoms with Crippen molar-refractivity contribution in [2.24, 2.45) is 0 Å². The topological polar surface area (TPSA) is 136 Å². The van der Waals surface area contributed by atoms with Gasteiger partial charge in [0.1, 0.15) is 10.6 Å². The van der Waals surface area contributed by atoms with E-state index in [4.69, 9.17) is 4.52 Å². The fourth-order valence-electron chi connectivity index (χ4n) is 3.64. The van der Waals surface area contributed by atoms with E-state index in [0.717, 1.165) is 5.56 Å². The highest BCUT2D eigenvalue weighted by Gasteiger charge is 2.25. The number of sulfonamides is 2. The predicted octanol–water partition coefficient (Wildman–Crippen LogP) is 4.87. The summed E-state index contributed by atoms with van der Waals surface area (Å²) < 4.78 is 63.9. The summed E-state index contributed by atoms with van der Waals surface area (Å²) in [7, 11) is -8.03. The second kappa shape index (κ2) is 10.1. The largest absolute Gasteiger partial charge is 0.337 e. The highest BCUT2D eigenvalue weighted by molar-refractivity contribution is 7.93. The zero-order valence-electron chi connectivity index (χ0n) is 20.3. The minimum absolute atomic E-state index is 0.0189. The molecule has 0 aliphatic carbocycles. The molecule has 3 aromatic heterocycles. The Balaban J connectivity index is 1.40. The van der Waals surface area contributed by atoms with Crippen molar-refractivity contribution < 1.29 is 21.4 Å². The van der Waals surface area contributed by atoms with Crippen LogP contribution in [-0.4, -0.2) is 31.8 Å². The Labute approximate surface area is 224 Å². The van der Waals surface area contributed by atoms with E-state index in [1.165, 1.54) is 41.8 Å². The zero-order chi connectivity index (χ0) is 26.9. The molecule has 13 heteroatoms. The molecule has 196 valence electrons. The second-order valence-electron chi connectivity index (χ2n) is 8.46. The van der Waals surface area contributed by atoms with E-state index in [9.17, 15) is 16.8 Å². The van der Waals surface area contributed by atoms with Gasteiger partial charge in [-0.2, -0.15) is 5.10 Å². The van der Waals surface area contributed by atoms with Crippen molar-refractivity contribution in [3.05, 3.63) is 95.1 Å². The Bertz CT molecular complexity index is 1780. The first-order valence-corrected chi connectivity index (χ1v) is 15.2. The van der Waals surface area contributed by atoms with E-state index in [0.29, 0.717) is 28.4 Å². The Morgan fingerprint density at radius 3 is 2.26 bits per heavy atom. The molecule has 0 unspecified atom stereocenters. The molecule has 0 aliphatic rings. The van der Waals surface area contributed by atoms with Gasteiger partial charge in [0, 0.05) is 17.4 Å². The molecule has 0 bridgehead atoms. The summed E-state index contributed by atoms with van der Waals surface area (Å²) in [6, 6.07) is 18.6. The van der Waals surface area contributed by atoms with E-state index in [1.54, 1.807) is 18.5 Å². The average Bonchev–Trinajstić information content (AvgIpc) is 3.63. The minimum Gasteiger partial charge on any atom is -0.337 e. The van der Waals surface area contributed by atoms with Gasteiger partial charge in [-0.1, -0.05) is 41.6 Å². The molecule has 0 saturated heterocycles. The first kappa shape index (κ1) is 25.7. The Morgan fingerprint density at radius 2 is 1.63 bits per heavy atom. The average molecular weight is 570 g/mol. The molecule has 0 aliphatic heterocycles. The molecule has 5 aromatic rings. The van der Waals surface area contributed by atoms with E-state index < -0.39 is 20.0 Å². The minimum atomic E-state index is -4.06. The van der Waals surface area contributed by atoms with Crippen LogP contribution in [0, 0.1) is 13.8 Å². The number of aromatic nitrogens is 3. The van der Waals surface area contributed by atoms with Gasteiger partial charge in [-0.3, -0.25) is 9.40 Å². The third kappa shape index (κ3) is 5.35. The number of hydrogen-bond donors (Lipinski definition) is 2. The summed E-state index contributed by atoms with van der Waals surface area (Å²) >= 11 is 1.39. The maximum absolute atomic E-state index is 13.4. The first-order chi connectivity index (χ1) is 18.1. The van der Waals surface area contributed by atoms with Gasteiger partial charge in [-0.15, -0.1) is 11.3 Å². The van der Waals surface area contributed by atoms with Gasteiger partial charge in [0.25, 0.3) is 20.0 Å². The Morgan fingerprint density at radius 1 is 0.895 bits per heavy atom. The number of aryl methyl sites for hydroxylation is 1. The summed E-state index contributed by atoms with van der Waals surface area (Å²) in [6.07, 6.45) is 1.49. The van der Waals surface area contributed by atoms with Crippen LogP contribution in [0.25, 0.3) is 10.6 Å². The van der Waals surface area contributed by atoms with Crippen molar-refractivity contribution in [2.75, 3.05) is 9.44 Å². The number of benzene rings is 2. The molecule has 2 N–H and O–H groups in total. The second-order valence-corrected chi connectivity index (χ2v) is 12.7. The lowest BCUT2D eigenvalue weighted by Gasteiger charge is -2.09. The molecule has 0 atom stereocenters. The quantitative estimate of drug-likeness (QED) is 0.259. The van der Waals surface area contributed by atoms with Crippen molar-refractivity contribution in [3.8, 4) is 10.6 Å².